The van der Waals surface area contributed by atoms with Gasteiger partial charge in [-0.05, 0) is 19.3 Å². The molecule has 1 atom stereocenters. The molecule has 59 valence electrons. The van der Waals surface area contributed by atoms with Gasteiger partial charge in [-0.1, -0.05) is 27.5 Å². The van der Waals surface area contributed by atoms with Crippen molar-refractivity contribution < 1.29 is 9.68 Å². The van der Waals surface area contributed by atoms with E-state index in [4.69, 9.17) is 16.6 Å². The molecule has 0 rings (SSSR count). The maximum absolute atomic E-state index is 8.15. The summed E-state index contributed by atoms with van der Waals surface area (Å²) in [6.45, 7) is 0. The predicted molar refractivity (Wildman–Crippen MR) is 46.3 cm³/mol. The van der Waals surface area contributed by atoms with E-state index >= 15 is 0 Å². The van der Waals surface area contributed by atoms with Gasteiger partial charge in [-0.25, -0.2) is 0 Å². The lowest BCUT2D eigenvalue weighted by molar-refractivity contribution is 0.241. The molecule has 0 aliphatic rings. The van der Waals surface area contributed by atoms with Crippen molar-refractivity contribution in [3.05, 3.63) is 0 Å². The number of rotatable bonds is 6. The van der Waals surface area contributed by atoms with Crippen LogP contribution in [0.3, 0.4) is 0 Å². The van der Waals surface area contributed by atoms with E-state index in [1.54, 1.807) is 0 Å². The lowest BCUT2D eigenvalue weighted by Gasteiger charge is -2.06. The number of unbranched alkanes of at least 4 members (excludes halogenated alkanes) is 1. The number of hydrogen-bond acceptors (Lipinski definition) is 2. The zero-order valence-corrected chi connectivity index (χ0v) is 7.94. The van der Waals surface area contributed by atoms with E-state index < -0.39 is 0 Å². The highest BCUT2D eigenvalue weighted by molar-refractivity contribution is 9.09. The summed E-state index contributed by atoms with van der Waals surface area (Å²) in [6.07, 6.45) is 2.86. The summed E-state index contributed by atoms with van der Waals surface area (Å²) in [5, 5.41) is 9.14. The van der Waals surface area contributed by atoms with Crippen LogP contribution in [-0.4, -0.2) is 23.6 Å². The van der Waals surface area contributed by atoms with Crippen molar-refractivity contribution in [1.29, 1.82) is 0 Å². The fourth-order valence-corrected chi connectivity index (χ4v) is 1.13. The van der Waals surface area contributed by atoms with Crippen molar-refractivity contribution in [2.24, 2.45) is 0 Å². The Bertz CT molecular complexity index is 76.7. The van der Waals surface area contributed by atoms with Gasteiger partial charge >= 0.3 is 7.69 Å². The zero-order valence-electron chi connectivity index (χ0n) is 5.59. The van der Waals surface area contributed by atoms with Gasteiger partial charge in [0.2, 0.25) is 0 Å². The fraction of sp³-hybridized carbons (Fsp3) is 1.00. The Balaban J connectivity index is 2.97. The number of halogens is 2. The van der Waals surface area contributed by atoms with E-state index in [0.29, 0.717) is 7.69 Å². The largest absolute Gasteiger partial charge is 0.486 e. The Morgan fingerprint density at radius 3 is 2.80 bits per heavy atom. The molecule has 0 aromatic heterocycles. The highest BCUT2D eigenvalue weighted by Gasteiger charge is 2.02. The molecular weight excluding hydrogens is 218 g/mol. The third kappa shape index (κ3) is 6.87. The molecular formula is C5H10BBrClO2. The molecule has 0 amide bonds. The maximum atomic E-state index is 8.15. The second-order valence-electron chi connectivity index (χ2n) is 1.84. The van der Waals surface area contributed by atoms with Crippen LogP contribution in [0.4, 0.5) is 0 Å². The molecule has 10 heavy (non-hydrogen) atoms. The lowest BCUT2D eigenvalue weighted by Crippen LogP contribution is -2.08. The van der Waals surface area contributed by atoms with Crippen LogP contribution >= 0.6 is 27.5 Å². The first-order chi connectivity index (χ1) is 4.81. The third-order valence-corrected chi connectivity index (χ3v) is 1.91. The summed E-state index contributed by atoms with van der Waals surface area (Å²) < 4.78 is 4.57. The van der Waals surface area contributed by atoms with Gasteiger partial charge in [0.1, 0.15) is 5.56 Å². The van der Waals surface area contributed by atoms with E-state index in [1.807, 2.05) is 0 Å². The standard InChI is InChI=1S/C5H10BBrClO2/c7-4-2-1-3-5(8)10-6-9/h5,9H,1-4H2/t5-/m0/s1. The molecule has 0 heterocycles. The summed E-state index contributed by atoms with van der Waals surface area (Å²) in [5.41, 5.74) is -0.385. The second-order valence-corrected chi connectivity index (χ2v) is 3.12. The van der Waals surface area contributed by atoms with Gasteiger partial charge in [-0.2, -0.15) is 0 Å². The molecule has 0 aliphatic carbocycles. The highest BCUT2D eigenvalue weighted by Crippen LogP contribution is 2.08. The fourth-order valence-electron chi connectivity index (χ4n) is 0.533. The van der Waals surface area contributed by atoms with E-state index in [1.165, 1.54) is 0 Å². The van der Waals surface area contributed by atoms with Crippen LogP contribution in [-0.2, 0) is 4.65 Å². The van der Waals surface area contributed by atoms with E-state index in [2.05, 4.69) is 20.6 Å². The molecule has 0 aliphatic heterocycles. The normalized spacial score (nSPS) is 13.1. The smallest absolute Gasteiger partial charge is 0.429 e. The average Bonchev–Trinajstić information content (AvgIpc) is 1.89. The first-order valence-corrected chi connectivity index (χ1v) is 4.68. The van der Waals surface area contributed by atoms with Gasteiger partial charge in [0.15, 0.2) is 0 Å². The molecule has 5 heteroatoms. The van der Waals surface area contributed by atoms with Crippen molar-refractivity contribution in [3.63, 3.8) is 0 Å². The third-order valence-electron chi connectivity index (χ3n) is 1.02. The van der Waals surface area contributed by atoms with E-state index in [9.17, 15) is 0 Å². The topological polar surface area (TPSA) is 29.5 Å². The summed E-state index contributed by atoms with van der Waals surface area (Å²) in [6, 6.07) is 0. The number of hydrogen-bond donors (Lipinski definition) is 1. The van der Waals surface area contributed by atoms with Crippen LogP contribution in [0.1, 0.15) is 19.3 Å². The van der Waals surface area contributed by atoms with Crippen molar-refractivity contribution >= 4 is 35.2 Å². The summed E-state index contributed by atoms with van der Waals surface area (Å²) in [7, 11) is 0.631. The van der Waals surface area contributed by atoms with Gasteiger partial charge in [-0.15, -0.1) is 0 Å². The molecule has 0 spiro atoms. The molecule has 0 bridgehead atoms. The molecule has 1 radical (unpaired) electrons. The molecule has 0 saturated heterocycles. The quantitative estimate of drug-likeness (QED) is 0.425. The monoisotopic (exact) mass is 227 g/mol. The highest BCUT2D eigenvalue weighted by atomic mass is 79.9. The van der Waals surface area contributed by atoms with Crippen LogP contribution in [0.15, 0.2) is 0 Å². The van der Waals surface area contributed by atoms with Gasteiger partial charge < -0.3 is 9.68 Å². The van der Waals surface area contributed by atoms with Crippen LogP contribution < -0.4 is 0 Å². The second kappa shape index (κ2) is 7.86. The Hall–Kier alpha value is 0.755. The van der Waals surface area contributed by atoms with Gasteiger partial charge in [0.25, 0.3) is 0 Å². The lowest BCUT2D eigenvalue weighted by atomic mass is 10.2. The molecule has 2 nitrogen and oxygen atoms in total. The van der Waals surface area contributed by atoms with Crippen molar-refractivity contribution in [2.45, 2.75) is 24.8 Å². The first kappa shape index (κ1) is 10.8. The van der Waals surface area contributed by atoms with Crippen molar-refractivity contribution in [2.75, 3.05) is 5.33 Å². The zero-order chi connectivity index (χ0) is 7.82. The van der Waals surface area contributed by atoms with Gasteiger partial charge in [0.05, 0.1) is 0 Å². The average molecular weight is 228 g/mol. The first-order valence-electron chi connectivity index (χ1n) is 3.12. The molecule has 0 aromatic rings. The summed E-state index contributed by atoms with van der Waals surface area (Å²) in [4.78, 5) is 0. The molecule has 0 aromatic carbocycles. The Morgan fingerprint density at radius 2 is 2.30 bits per heavy atom. The minimum absolute atomic E-state index is 0.385. The Kier molecular flexibility index (Phi) is 8.45. The van der Waals surface area contributed by atoms with Crippen LogP contribution in [0.2, 0.25) is 0 Å². The van der Waals surface area contributed by atoms with Crippen LogP contribution in [0.25, 0.3) is 0 Å². The number of alkyl halides is 2. The molecule has 0 unspecified atom stereocenters. The van der Waals surface area contributed by atoms with Crippen LogP contribution in [0, 0.1) is 0 Å². The minimum Gasteiger partial charge on any atom is -0.429 e. The summed E-state index contributed by atoms with van der Waals surface area (Å²) in [5.74, 6) is 0. The molecule has 0 saturated carbocycles. The maximum Gasteiger partial charge on any atom is 0.486 e. The molecule has 1 N–H and O–H groups in total. The Labute approximate surface area is 75.3 Å². The van der Waals surface area contributed by atoms with E-state index in [-0.39, 0.29) is 5.56 Å². The summed E-state index contributed by atoms with van der Waals surface area (Å²) >= 11 is 8.89. The van der Waals surface area contributed by atoms with Gasteiger partial charge in [-0.3, -0.25) is 0 Å². The SMILES string of the molecule is O[B]O[C@H](Cl)CCCCBr. The van der Waals surface area contributed by atoms with E-state index in [0.717, 1.165) is 24.6 Å². The molecule has 0 fully saturated rings. The Morgan fingerprint density at radius 1 is 1.60 bits per heavy atom. The van der Waals surface area contributed by atoms with Gasteiger partial charge in [0, 0.05) is 5.33 Å². The van der Waals surface area contributed by atoms with Crippen molar-refractivity contribution in [1.82, 2.24) is 0 Å². The predicted octanol–water partition coefficient (Wildman–Crippen LogP) is 1.66. The van der Waals surface area contributed by atoms with Crippen LogP contribution in [0.5, 0.6) is 0 Å². The minimum atomic E-state index is -0.385. The van der Waals surface area contributed by atoms with Crippen molar-refractivity contribution in [3.8, 4) is 0 Å².